The monoisotopic (exact) mass is 290 g/mol. The molecule has 20 heavy (non-hydrogen) atoms. The molecule has 5 heteroatoms. The first-order valence-corrected chi connectivity index (χ1v) is 7.37. The average molecular weight is 291 g/mol. The minimum Gasteiger partial charge on any atom is -0.384 e. The van der Waals surface area contributed by atoms with E-state index >= 15 is 0 Å². The zero-order chi connectivity index (χ0) is 14.1. The highest BCUT2D eigenvalue weighted by atomic mass is 35.5. The van der Waals surface area contributed by atoms with Crippen LogP contribution in [0.2, 0.25) is 5.02 Å². The van der Waals surface area contributed by atoms with Crippen LogP contribution in [0, 0.1) is 0 Å². The van der Waals surface area contributed by atoms with Gasteiger partial charge < -0.3 is 10.6 Å². The number of nitrogens with zero attached hydrogens (tertiary/aromatic N) is 3. The van der Waals surface area contributed by atoms with Crippen LogP contribution < -0.4 is 10.6 Å². The van der Waals surface area contributed by atoms with E-state index in [0.717, 1.165) is 35.1 Å². The number of rotatable bonds is 2. The van der Waals surface area contributed by atoms with Crippen molar-refractivity contribution in [3.05, 3.63) is 29.3 Å². The van der Waals surface area contributed by atoms with E-state index in [0.29, 0.717) is 5.82 Å². The molecule has 2 heterocycles. The summed E-state index contributed by atoms with van der Waals surface area (Å²) in [5.74, 6) is 0.649. The van der Waals surface area contributed by atoms with Gasteiger partial charge in [0.1, 0.15) is 5.82 Å². The predicted octanol–water partition coefficient (Wildman–Crippen LogP) is 3.31. The fourth-order valence-corrected chi connectivity index (χ4v) is 2.98. The van der Waals surface area contributed by atoms with Crippen LogP contribution in [0.1, 0.15) is 19.3 Å². The van der Waals surface area contributed by atoms with Crippen molar-refractivity contribution in [1.29, 1.82) is 0 Å². The summed E-state index contributed by atoms with van der Waals surface area (Å²) in [6.45, 7) is 2.19. The van der Waals surface area contributed by atoms with Crippen LogP contribution in [-0.2, 0) is 7.05 Å². The largest absolute Gasteiger partial charge is 0.384 e. The summed E-state index contributed by atoms with van der Waals surface area (Å²) in [6, 6.07) is 8.00. The molecule has 1 fully saturated rings. The van der Waals surface area contributed by atoms with Gasteiger partial charge in [-0.3, -0.25) is 4.68 Å². The first kappa shape index (κ1) is 13.3. The first-order chi connectivity index (χ1) is 9.65. The summed E-state index contributed by atoms with van der Waals surface area (Å²) in [5, 5.41) is 5.17. The molecule has 1 saturated heterocycles. The number of nitrogen functional groups attached to an aromatic ring is 1. The Kier molecular flexibility index (Phi) is 3.57. The Morgan fingerprint density at radius 1 is 1.15 bits per heavy atom. The molecule has 0 bridgehead atoms. The van der Waals surface area contributed by atoms with Gasteiger partial charge in [-0.2, -0.15) is 5.10 Å². The molecule has 4 nitrogen and oxygen atoms in total. The summed E-state index contributed by atoms with van der Waals surface area (Å²) < 4.78 is 1.67. The molecule has 2 aromatic rings. The van der Waals surface area contributed by atoms with E-state index in [1.165, 1.54) is 19.3 Å². The fraction of sp³-hybridized carbons (Fsp3) is 0.400. The lowest BCUT2D eigenvalue weighted by Gasteiger charge is -2.29. The smallest absolute Gasteiger partial charge is 0.121 e. The number of hydrogen-bond donors (Lipinski definition) is 1. The molecule has 1 aliphatic heterocycles. The second kappa shape index (κ2) is 5.37. The lowest BCUT2D eigenvalue weighted by Crippen LogP contribution is -2.29. The third-order valence-corrected chi connectivity index (χ3v) is 4.16. The van der Waals surface area contributed by atoms with Gasteiger partial charge in [-0.1, -0.05) is 17.7 Å². The molecule has 0 amide bonds. The molecule has 0 atom stereocenters. The Morgan fingerprint density at radius 2 is 1.90 bits per heavy atom. The van der Waals surface area contributed by atoms with Gasteiger partial charge >= 0.3 is 0 Å². The molecular formula is C15H19ClN4. The van der Waals surface area contributed by atoms with Gasteiger partial charge in [0.05, 0.1) is 16.4 Å². The maximum absolute atomic E-state index is 6.45. The summed E-state index contributed by atoms with van der Waals surface area (Å²) in [7, 11) is 1.84. The Hall–Kier alpha value is -1.68. The summed E-state index contributed by atoms with van der Waals surface area (Å²) >= 11 is 6.45. The molecule has 0 spiro atoms. The average Bonchev–Trinajstić information content (AvgIpc) is 2.79. The van der Waals surface area contributed by atoms with Crippen LogP contribution in [0.4, 0.5) is 11.5 Å². The van der Waals surface area contributed by atoms with Crippen molar-refractivity contribution >= 4 is 23.1 Å². The molecular weight excluding hydrogens is 272 g/mol. The second-order valence-electron chi connectivity index (χ2n) is 5.29. The Labute approximate surface area is 124 Å². The molecule has 1 aromatic heterocycles. The van der Waals surface area contributed by atoms with Crippen molar-refractivity contribution in [3.8, 4) is 11.3 Å². The maximum atomic E-state index is 6.45. The van der Waals surface area contributed by atoms with Crippen LogP contribution in [0.5, 0.6) is 0 Å². The summed E-state index contributed by atoms with van der Waals surface area (Å²) in [6.07, 6.45) is 3.81. The van der Waals surface area contributed by atoms with Gasteiger partial charge in [0, 0.05) is 31.8 Å². The van der Waals surface area contributed by atoms with Crippen LogP contribution in [-0.4, -0.2) is 22.9 Å². The third-order valence-electron chi connectivity index (χ3n) is 3.86. The Bertz CT molecular complexity index is 595. The molecule has 3 rings (SSSR count). The predicted molar refractivity (Wildman–Crippen MR) is 84.1 cm³/mol. The van der Waals surface area contributed by atoms with E-state index in [1.54, 1.807) is 4.68 Å². The topological polar surface area (TPSA) is 47.1 Å². The molecule has 1 aromatic carbocycles. The summed E-state index contributed by atoms with van der Waals surface area (Å²) in [4.78, 5) is 2.36. The molecule has 0 saturated carbocycles. The van der Waals surface area contributed by atoms with Crippen LogP contribution in [0.25, 0.3) is 11.3 Å². The number of halogens is 1. The number of anilines is 2. The molecule has 106 valence electrons. The molecule has 1 aliphatic rings. The van der Waals surface area contributed by atoms with Crippen LogP contribution >= 0.6 is 11.6 Å². The van der Waals surface area contributed by atoms with E-state index < -0.39 is 0 Å². The van der Waals surface area contributed by atoms with Gasteiger partial charge in [0.25, 0.3) is 0 Å². The fourth-order valence-electron chi connectivity index (χ4n) is 2.68. The summed E-state index contributed by atoms with van der Waals surface area (Å²) in [5.41, 5.74) is 8.81. The quantitative estimate of drug-likeness (QED) is 0.923. The van der Waals surface area contributed by atoms with Crippen molar-refractivity contribution < 1.29 is 0 Å². The number of piperidine rings is 1. The number of nitrogens with two attached hydrogens (primary N) is 1. The minimum atomic E-state index is 0.649. The lowest BCUT2D eigenvalue weighted by molar-refractivity contribution is 0.578. The van der Waals surface area contributed by atoms with Crippen LogP contribution in [0.3, 0.4) is 0 Å². The SMILES string of the molecule is Cn1nc(-c2ccc(N3CCCCC3)c(Cl)c2)cc1N. The zero-order valence-corrected chi connectivity index (χ0v) is 12.4. The van der Waals surface area contributed by atoms with Crippen LogP contribution in [0.15, 0.2) is 24.3 Å². The van der Waals surface area contributed by atoms with E-state index in [4.69, 9.17) is 17.3 Å². The van der Waals surface area contributed by atoms with Gasteiger partial charge in [0.15, 0.2) is 0 Å². The highest BCUT2D eigenvalue weighted by Crippen LogP contribution is 2.32. The molecule has 0 unspecified atom stereocenters. The minimum absolute atomic E-state index is 0.649. The van der Waals surface area contributed by atoms with Crippen molar-refractivity contribution in [2.24, 2.45) is 7.05 Å². The zero-order valence-electron chi connectivity index (χ0n) is 11.6. The van der Waals surface area contributed by atoms with Gasteiger partial charge in [-0.05, 0) is 31.4 Å². The number of aryl methyl sites for hydroxylation is 1. The molecule has 2 N–H and O–H groups in total. The van der Waals surface area contributed by atoms with Crippen molar-refractivity contribution in [1.82, 2.24) is 9.78 Å². The second-order valence-corrected chi connectivity index (χ2v) is 5.70. The van der Waals surface area contributed by atoms with E-state index in [9.17, 15) is 0 Å². The van der Waals surface area contributed by atoms with E-state index in [-0.39, 0.29) is 0 Å². The highest BCUT2D eigenvalue weighted by molar-refractivity contribution is 6.33. The van der Waals surface area contributed by atoms with Gasteiger partial charge in [0.2, 0.25) is 0 Å². The number of aromatic nitrogens is 2. The molecule has 0 aliphatic carbocycles. The van der Waals surface area contributed by atoms with E-state index in [2.05, 4.69) is 22.1 Å². The normalized spacial score (nSPS) is 15.6. The van der Waals surface area contributed by atoms with Crippen molar-refractivity contribution in [2.75, 3.05) is 23.7 Å². The number of benzene rings is 1. The standard InChI is InChI=1S/C15H19ClN4/c1-19-15(17)10-13(18-19)11-5-6-14(12(16)9-11)20-7-3-2-4-8-20/h5-6,9-10H,2-4,7-8,17H2,1H3. The Morgan fingerprint density at radius 3 is 2.50 bits per heavy atom. The van der Waals surface area contributed by atoms with Crippen molar-refractivity contribution in [3.63, 3.8) is 0 Å². The Balaban J connectivity index is 1.90. The molecule has 0 radical (unpaired) electrons. The maximum Gasteiger partial charge on any atom is 0.121 e. The van der Waals surface area contributed by atoms with E-state index in [1.807, 2.05) is 19.2 Å². The lowest BCUT2D eigenvalue weighted by atomic mass is 10.1. The van der Waals surface area contributed by atoms with Gasteiger partial charge in [-0.25, -0.2) is 0 Å². The highest BCUT2D eigenvalue weighted by Gasteiger charge is 2.15. The van der Waals surface area contributed by atoms with Gasteiger partial charge in [-0.15, -0.1) is 0 Å². The number of hydrogen-bond acceptors (Lipinski definition) is 3. The third kappa shape index (κ3) is 2.48. The first-order valence-electron chi connectivity index (χ1n) is 6.99. The van der Waals surface area contributed by atoms with Crippen molar-refractivity contribution in [2.45, 2.75) is 19.3 Å².